The van der Waals surface area contributed by atoms with Crippen molar-refractivity contribution in [3.63, 3.8) is 0 Å². The summed E-state index contributed by atoms with van der Waals surface area (Å²) in [5.74, 6) is -1.59. The van der Waals surface area contributed by atoms with Crippen molar-refractivity contribution in [1.82, 2.24) is 20.4 Å². The maximum atomic E-state index is 13.9. The normalized spacial score (nSPS) is 42.4. The van der Waals surface area contributed by atoms with Gasteiger partial charge in [0.2, 0.25) is 11.8 Å². The van der Waals surface area contributed by atoms with E-state index in [0.29, 0.717) is 50.6 Å². The molecule has 2 saturated carbocycles. The molecular formula is C29H46ClF3N4O3. The van der Waals surface area contributed by atoms with Gasteiger partial charge in [0.05, 0.1) is 17.5 Å². The molecule has 228 valence electrons. The van der Waals surface area contributed by atoms with Crippen molar-refractivity contribution in [3.05, 3.63) is 0 Å². The maximum absolute atomic E-state index is 13.9. The Balaban J connectivity index is 1.23. The van der Waals surface area contributed by atoms with Crippen molar-refractivity contribution >= 4 is 23.4 Å². The number of nitrogens with zero attached hydrogens (tertiary/aromatic N) is 2. The van der Waals surface area contributed by atoms with Gasteiger partial charge in [-0.2, -0.15) is 13.2 Å². The van der Waals surface area contributed by atoms with Gasteiger partial charge in [-0.1, -0.05) is 6.92 Å². The molecule has 10 unspecified atom stereocenters. The number of alkyl halides is 4. The Morgan fingerprint density at radius 1 is 1.05 bits per heavy atom. The molecule has 0 aromatic carbocycles. The average Bonchev–Trinajstić information content (AvgIpc) is 2.92. The number of likely N-dealkylation sites (tertiary alicyclic amines) is 2. The summed E-state index contributed by atoms with van der Waals surface area (Å²) in [5, 5.41) is 16.3. The molecule has 3 heterocycles. The lowest BCUT2D eigenvalue weighted by Gasteiger charge is -2.50. The Morgan fingerprint density at radius 2 is 1.77 bits per heavy atom. The summed E-state index contributed by atoms with van der Waals surface area (Å²) in [6.07, 6.45) is 0.556. The number of halogens is 4. The van der Waals surface area contributed by atoms with E-state index in [1.807, 2.05) is 16.8 Å². The van der Waals surface area contributed by atoms with Crippen molar-refractivity contribution in [2.75, 3.05) is 26.7 Å². The standard InChI is InChI=1S/C29H46ClF3N4O3/c1-16-3-4-20(13-23(16)24-11-18-15-34-26(30)14-25(18)36(2)28(24)40)35-27(39)17-9-19(29(31,32)33)12-21(10-17)37-7-5-22(38)6-8-37/h16-26,34,38H,3-15H2,1-2H3,(H,35,39). The molecule has 11 heteroatoms. The average molecular weight is 591 g/mol. The van der Waals surface area contributed by atoms with E-state index in [9.17, 15) is 27.9 Å². The highest BCUT2D eigenvalue weighted by Crippen LogP contribution is 2.45. The fourth-order valence-electron chi connectivity index (χ4n) is 8.51. The molecular weight excluding hydrogens is 545 g/mol. The lowest BCUT2D eigenvalue weighted by Crippen LogP contribution is -2.60. The fraction of sp³-hybridized carbons (Fsp3) is 0.931. The molecule has 40 heavy (non-hydrogen) atoms. The third-order valence-electron chi connectivity index (χ3n) is 11.0. The molecule has 2 aliphatic carbocycles. The number of piperidine rings is 3. The van der Waals surface area contributed by atoms with Crippen LogP contribution in [-0.2, 0) is 9.59 Å². The predicted octanol–water partition coefficient (Wildman–Crippen LogP) is 3.73. The van der Waals surface area contributed by atoms with Crippen LogP contribution in [0.15, 0.2) is 0 Å². The Hall–Kier alpha value is -1.10. The smallest absolute Gasteiger partial charge is 0.391 e. The minimum absolute atomic E-state index is 0.0190. The number of aliphatic hydroxyl groups is 1. The first-order chi connectivity index (χ1) is 18.9. The van der Waals surface area contributed by atoms with E-state index in [0.717, 1.165) is 32.2 Å². The van der Waals surface area contributed by atoms with Gasteiger partial charge in [-0.15, -0.1) is 11.6 Å². The first-order valence-electron chi connectivity index (χ1n) is 15.3. The van der Waals surface area contributed by atoms with E-state index in [1.165, 1.54) is 0 Å². The number of carbonyl (C=O) groups excluding carboxylic acids is 2. The van der Waals surface area contributed by atoms with Crippen LogP contribution in [0.2, 0.25) is 0 Å². The van der Waals surface area contributed by atoms with Crippen molar-refractivity contribution in [1.29, 1.82) is 0 Å². The first-order valence-corrected chi connectivity index (χ1v) is 15.8. The van der Waals surface area contributed by atoms with E-state index in [-0.39, 0.29) is 60.1 Å². The third kappa shape index (κ3) is 6.60. The van der Waals surface area contributed by atoms with Gasteiger partial charge in [0.25, 0.3) is 0 Å². The van der Waals surface area contributed by atoms with Crippen molar-refractivity contribution < 1.29 is 27.9 Å². The van der Waals surface area contributed by atoms with Crippen LogP contribution in [0.4, 0.5) is 13.2 Å². The summed E-state index contributed by atoms with van der Waals surface area (Å²) in [5.41, 5.74) is -0.126. The van der Waals surface area contributed by atoms with Crippen molar-refractivity contribution in [2.24, 2.45) is 35.5 Å². The highest BCUT2D eigenvalue weighted by molar-refractivity contribution is 6.20. The number of rotatable bonds is 4. The zero-order chi connectivity index (χ0) is 28.8. The quantitative estimate of drug-likeness (QED) is 0.343. The number of aliphatic hydroxyl groups excluding tert-OH is 1. The molecule has 0 aromatic rings. The third-order valence-corrected chi connectivity index (χ3v) is 11.3. The molecule has 0 aromatic heterocycles. The van der Waals surface area contributed by atoms with Crippen LogP contribution < -0.4 is 10.6 Å². The second kappa shape index (κ2) is 12.3. The van der Waals surface area contributed by atoms with Gasteiger partial charge in [-0.25, -0.2) is 0 Å². The van der Waals surface area contributed by atoms with Crippen LogP contribution in [0, 0.1) is 35.5 Å². The summed E-state index contributed by atoms with van der Waals surface area (Å²) in [4.78, 5) is 30.9. The van der Waals surface area contributed by atoms with Crippen LogP contribution in [0.25, 0.3) is 0 Å². The number of amides is 2. The fourth-order valence-corrected chi connectivity index (χ4v) is 8.79. The molecule has 3 N–H and O–H groups in total. The molecule has 3 saturated heterocycles. The minimum Gasteiger partial charge on any atom is -0.393 e. The summed E-state index contributed by atoms with van der Waals surface area (Å²) in [6.45, 7) is 4.11. The molecule has 2 amide bonds. The van der Waals surface area contributed by atoms with Crippen molar-refractivity contribution in [2.45, 2.75) is 107 Å². The van der Waals surface area contributed by atoms with Gasteiger partial charge < -0.3 is 25.5 Å². The van der Waals surface area contributed by atoms with Gasteiger partial charge in [-0.05, 0) is 82.0 Å². The van der Waals surface area contributed by atoms with Crippen molar-refractivity contribution in [3.8, 4) is 0 Å². The summed E-state index contributed by atoms with van der Waals surface area (Å²) >= 11 is 6.32. The zero-order valence-electron chi connectivity index (χ0n) is 23.7. The lowest BCUT2D eigenvalue weighted by molar-refractivity contribution is -0.192. The van der Waals surface area contributed by atoms with Gasteiger partial charge >= 0.3 is 6.18 Å². The summed E-state index contributed by atoms with van der Waals surface area (Å²) < 4.78 is 41.7. The van der Waals surface area contributed by atoms with E-state index < -0.39 is 24.1 Å². The topological polar surface area (TPSA) is 84.9 Å². The number of fused-ring (bicyclic) bond motifs is 1. The van der Waals surface area contributed by atoms with Crippen LogP contribution in [-0.4, -0.2) is 89.3 Å². The monoisotopic (exact) mass is 590 g/mol. The Kier molecular flexibility index (Phi) is 9.30. The number of hydrogen-bond donors (Lipinski definition) is 3. The van der Waals surface area contributed by atoms with E-state index in [4.69, 9.17) is 11.6 Å². The van der Waals surface area contributed by atoms with Crippen LogP contribution in [0.1, 0.15) is 71.1 Å². The molecule has 10 atom stereocenters. The molecule has 0 spiro atoms. The molecule has 5 fully saturated rings. The number of nitrogens with one attached hydrogen (secondary N) is 2. The minimum atomic E-state index is -4.33. The Bertz CT molecular complexity index is 917. The SMILES string of the molecule is CC1CCC(NC(=O)C2CC(N3CCC(O)CC3)CC(C(F)(F)F)C2)CC1C1CC2CNC(Cl)CC2N(C)C1=O. The molecule has 5 aliphatic rings. The highest BCUT2D eigenvalue weighted by atomic mass is 35.5. The summed E-state index contributed by atoms with van der Waals surface area (Å²) in [7, 11) is 1.88. The molecule has 7 nitrogen and oxygen atoms in total. The first kappa shape index (κ1) is 30.4. The number of carbonyl (C=O) groups is 2. The number of hydrogen-bond acceptors (Lipinski definition) is 5. The highest BCUT2D eigenvalue weighted by Gasteiger charge is 2.50. The van der Waals surface area contributed by atoms with E-state index in [2.05, 4.69) is 17.6 Å². The van der Waals surface area contributed by atoms with Gasteiger partial charge in [0, 0.05) is 56.6 Å². The predicted molar refractivity (Wildman–Crippen MR) is 146 cm³/mol. The second-order valence-corrected chi connectivity index (χ2v) is 14.0. The largest absolute Gasteiger partial charge is 0.393 e. The molecule has 0 bridgehead atoms. The zero-order valence-corrected chi connectivity index (χ0v) is 24.5. The van der Waals surface area contributed by atoms with Gasteiger partial charge in [0.15, 0.2) is 0 Å². The summed E-state index contributed by atoms with van der Waals surface area (Å²) in [6, 6.07) is -0.287. The van der Waals surface area contributed by atoms with Gasteiger partial charge in [-0.3, -0.25) is 9.59 Å². The van der Waals surface area contributed by atoms with E-state index in [1.54, 1.807) is 0 Å². The lowest BCUT2D eigenvalue weighted by atomic mass is 9.66. The van der Waals surface area contributed by atoms with Crippen LogP contribution in [0.3, 0.4) is 0 Å². The molecule has 5 rings (SSSR count). The Labute approximate surface area is 240 Å². The maximum Gasteiger partial charge on any atom is 0.391 e. The van der Waals surface area contributed by atoms with Crippen LogP contribution >= 0.6 is 11.6 Å². The van der Waals surface area contributed by atoms with Gasteiger partial charge in [0.1, 0.15) is 0 Å². The molecule has 0 radical (unpaired) electrons. The Morgan fingerprint density at radius 3 is 2.48 bits per heavy atom. The van der Waals surface area contributed by atoms with E-state index >= 15 is 0 Å². The van der Waals surface area contributed by atoms with Crippen LogP contribution in [0.5, 0.6) is 0 Å². The molecule has 3 aliphatic heterocycles. The second-order valence-electron chi connectivity index (χ2n) is 13.5.